The number of thioether (sulfide) groups is 1. The van der Waals surface area contributed by atoms with Crippen LogP contribution < -0.4 is 9.80 Å². The smallest absolute Gasteiger partial charge is 0.298 e. The highest BCUT2D eigenvalue weighted by molar-refractivity contribution is 8.19. The van der Waals surface area contributed by atoms with E-state index in [9.17, 15) is 9.59 Å². The van der Waals surface area contributed by atoms with Crippen LogP contribution in [0, 0.1) is 13.8 Å². The normalized spacial score (nSPS) is 17.8. The number of morpholine rings is 1. The minimum absolute atomic E-state index is 0.328. The second-order valence-electron chi connectivity index (χ2n) is 8.27. The van der Waals surface area contributed by atoms with E-state index in [1.165, 1.54) is 10.6 Å². The number of carbonyl (C=O) groups excluding carboxylic acids is 2. The molecule has 2 aliphatic rings. The third-order valence-corrected chi connectivity index (χ3v) is 7.21. The van der Waals surface area contributed by atoms with Crippen molar-refractivity contribution < 1.29 is 14.3 Å². The average molecular weight is 494 g/mol. The maximum Gasteiger partial charge on any atom is 0.298 e. The lowest BCUT2D eigenvalue weighted by molar-refractivity contribution is -0.113. The number of hydrogen-bond donors (Lipinski definition) is 0. The summed E-state index contributed by atoms with van der Waals surface area (Å²) in [6, 6.07) is 17.3. The van der Waals surface area contributed by atoms with E-state index in [0.717, 1.165) is 60.7 Å². The van der Waals surface area contributed by atoms with Gasteiger partial charge >= 0.3 is 0 Å². The first-order valence-corrected chi connectivity index (χ1v) is 12.3. The Morgan fingerprint density at radius 1 is 0.941 bits per heavy atom. The fourth-order valence-electron chi connectivity index (χ4n) is 4.41. The van der Waals surface area contributed by atoms with Crippen molar-refractivity contribution in [3.63, 3.8) is 0 Å². The minimum Gasteiger partial charge on any atom is -0.378 e. The van der Waals surface area contributed by atoms with Gasteiger partial charge in [-0.05, 0) is 85.8 Å². The van der Waals surface area contributed by atoms with Crippen molar-refractivity contribution in [2.24, 2.45) is 0 Å². The van der Waals surface area contributed by atoms with Crippen LogP contribution in [-0.4, -0.2) is 42.0 Å². The number of carbonyl (C=O) groups is 2. The van der Waals surface area contributed by atoms with Crippen molar-refractivity contribution >= 4 is 52.0 Å². The van der Waals surface area contributed by atoms with Crippen molar-refractivity contribution in [1.82, 2.24) is 4.57 Å². The highest BCUT2D eigenvalue weighted by Gasteiger charge is 2.36. The summed E-state index contributed by atoms with van der Waals surface area (Å²) >= 11 is 7.00. The lowest BCUT2D eigenvalue weighted by Gasteiger charge is -2.29. The summed E-state index contributed by atoms with van der Waals surface area (Å²) in [6.45, 7) is 7.37. The number of ether oxygens (including phenoxy) is 1. The van der Waals surface area contributed by atoms with Crippen molar-refractivity contribution in [2.75, 3.05) is 36.1 Å². The number of anilines is 2. The van der Waals surface area contributed by atoms with Crippen LogP contribution in [-0.2, 0) is 9.53 Å². The second-order valence-corrected chi connectivity index (χ2v) is 9.70. The standard InChI is InChI=1S/C26H24ClN3O3S/c1-17-14-19(15-24-25(31)30(26(32)34-24)23-5-3-4-20(27)16-23)18(2)29(17)22-8-6-21(7-9-22)28-10-12-33-13-11-28/h3-9,14-16H,10-13H2,1-2H3/b24-15-. The number of nitrogens with zero attached hydrogens (tertiary/aromatic N) is 3. The summed E-state index contributed by atoms with van der Waals surface area (Å²) in [5, 5.41) is 0.148. The molecule has 0 atom stereocenters. The summed E-state index contributed by atoms with van der Waals surface area (Å²) in [4.78, 5) is 29.5. The Balaban J connectivity index is 1.42. The molecule has 5 rings (SSSR count). The maximum atomic E-state index is 13.0. The van der Waals surface area contributed by atoms with Gasteiger partial charge in [0.25, 0.3) is 11.1 Å². The van der Waals surface area contributed by atoms with Crippen LogP contribution in [0.4, 0.5) is 16.2 Å². The molecule has 0 spiro atoms. The molecule has 2 fully saturated rings. The Labute approximate surface area is 207 Å². The molecule has 3 aromatic rings. The summed E-state index contributed by atoms with van der Waals surface area (Å²) in [5.41, 5.74) is 5.68. The zero-order chi connectivity index (χ0) is 23.8. The van der Waals surface area contributed by atoms with E-state index in [1.54, 1.807) is 30.3 Å². The van der Waals surface area contributed by atoms with Crippen LogP contribution in [0.1, 0.15) is 17.0 Å². The molecule has 34 heavy (non-hydrogen) atoms. The molecule has 0 saturated carbocycles. The number of amides is 2. The molecule has 3 heterocycles. The van der Waals surface area contributed by atoms with Gasteiger partial charge in [0.2, 0.25) is 0 Å². The Kier molecular flexibility index (Phi) is 6.25. The molecule has 2 aromatic carbocycles. The summed E-state index contributed by atoms with van der Waals surface area (Å²) < 4.78 is 7.61. The average Bonchev–Trinajstić information content (AvgIpc) is 3.28. The van der Waals surface area contributed by atoms with Gasteiger partial charge in [0.15, 0.2) is 0 Å². The van der Waals surface area contributed by atoms with E-state index in [1.807, 2.05) is 19.9 Å². The first-order chi connectivity index (χ1) is 16.4. The molecule has 0 bridgehead atoms. The predicted octanol–water partition coefficient (Wildman–Crippen LogP) is 5.83. The zero-order valence-electron chi connectivity index (χ0n) is 19.0. The van der Waals surface area contributed by atoms with Crippen LogP contribution in [0.3, 0.4) is 0 Å². The molecular formula is C26H24ClN3O3S. The number of hydrogen-bond acceptors (Lipinski definition) is 5. The van der Waals surface area contributed by atoms with E-state index < -0.39 is 0 Å². The van der Waals surface area contributed by atoms with Gasteiger partial charge in [0.05, 0.1) is 23.8 Å². The van der Waals surface area contributed by atoms with E-state index in [0.29, 0.717) is 15.6 Å². The molecule has 2 saturated heterocycles. The van der Waals surface area contributed by atoms with Gasteiger partial charge in [-0.3, -0.25) is 9.59 Å². The molecule has 0 N–H and O–H groups in total. The number of imide groups is 1. The molecule has 2 amide bonds. The van der Waals surface area contributed by atoms with Crippen molar-refractivity contribution in [3.8, 4) is 5.69 Å². The van der Waals surface area contributed by atoms with Crippen LogP contribution in [0.2, 0.25) is 5.02 Å². The van der Waals surface area contributed by atoms with Crippen LogP contribution in [0.5, 0.6) is 0 Å². The molecule has 0 aliphatic carbocycles. The topological polar surface area (TPSA) is 54.8 Å². The van der Waals surface area contributed by atoms with Crippen LogP contribution in [0.25, 0.3) is 11.8 Å². The molecule has 174 valence electrons. The number of halogens is 1. The second kappa shape index (κ2) is 9.33. The quantitative estimate of drug-likeness (QED) is 0.428. The molecular weight excluding hydrogens is 470 g/mol. The largest absolute Gasteiger partial charge is 0.378 e. The summed E-state index contributed by atoms with van der Waals surface area (Å²) in [7, 11) is 0. The van der Waals surface area contributed by atoms with Crippen molar-refractivity contribution in [1.29, 1.82) is 0 Å². The van der Waals surface area contributed by atoms with Crippen LogP contribution in [0.15, 0.2) is 59.5 Å². The Bertz CT molecular complexity index is 1290. The van der Waals surface area contributed by atoms with Gasteiger partial charge in [-0.15, -0.1) is 0 Å². The van der Waals surface area contributed by atoms with Crippen molar-refractivity contribution in [2.45, 2.75) is 13.8 Å². The predicted molar refractivity (Wildman–Crippen MR) is 138 cm³/mol. The fourth-order valence-corrected chi connectivity index (χ4v) is 5.43. The Hall–Kier alpha value is -3.00. The van der Waals surface area contributed by atoms with E-state index in [-0.39, 0.29) is 11.1 Å². The first kappa shape index (κ1) is 22.8. The van der Waals surface area contributed by atoms with Gasteiger partial charge < -0.3 is 14.2 Å². The third kappa shape index (κ3) is 4.27. The van der Waals surface area contributed by atoms with Gasteiger partial charge in [0, 0.05) is 40.9 Å². The first-order valence-electron chi connectivity index (χ1n) is 11.1. The number of benzene rings is 2. The molecule has 8 heteroatoms. The molecule has 0 radical (unpaired) electrons. The van der Waals surface area contributed by atoms with Gasteiger partial charge in [-0.25, -0.2) is 4.90 Å². The maximum absolute atomic E-state index is 13.0. The van der Waals surface area contributed by atoms with Crippen molar-refractivity contribution in [3.05, 3.63) is 81.5 Å². The third-order valence-electron chi connectivity index (χ3n) is 6.10. The van der Waals surface area contributed by atoms with Crippen LogP contribution >= 0.6 is 23.4 Å². The number of aryl methyl sites for hydroxylation is 1. The summed E-state index contributed by atoms with van der Waals surface area (Å²) in [5.74, 6) is -0.336. The molecule has 2 aliphatic heterocycles. The van der Waals surface area contributed by atoms with Gasteiger partial charge in [-0.2, -0.15) is 0 Å². The highest BCUT2D eigenvalue weighted by atomic mass is 35.5. The number of rotatable bonds is 4. The lowest BCUT2D eigenvalue weighted by Crippen LogP contribution is -2.36. The monoisotopic (exact) mass is 493 g/mol. The van der Waals surface area contributed by atoms with E-state index in [2.05, 4.69) is 33.7 Å². The van der Waals surface area contributed by atoms with E-state index in [4.69, 9.17) is 16.3 Å². The summed E-state index contributed by atoms with van der Waals surface area (Å²) in [6.07, 6.45) is 1.80. The molecule has 6 nitrogen and oxygen atoms in total. The highest BCUT2D eigenvalue weighted by Crippen LogP contribution is 2.37. The Morgan fingerprint density at radius 2 is 1.65 bits per heavy atom. The zero-order valence-corrected chi connectivity index (χ0v) is 20.5. The van der Waals surface area contributed by atoms with E-state index >= 15 is 0 Å². The molecule has 0 unspecified atom stereocenters. The minimum atomic E-state index is -0.336. The lowest BCUT2D eigenvalue weighted by atomic mass is 10.2. The van der Waals surface area contributed by atoms with Gasteiger partial charge in [-0.1, -0.05) is 17.7 Å². The number of aromatic nitrogens is 1. The van der Waals surface area contributed by atoms with Gasteiger partial charge in [0.1, 0.15) is 0 Å². The Morgan fingerprint density at radius 3 is 2.35 bits per heavy atom. The molecule has 1 aromatic heterocycles. The SMILES string of the molecule is Cc1cc(/C=C2\SC(=O)N(c3cccc(Cl)c3)C2=O)c(C)n1-c1ccc(N2CCOCC2)cc1. The fraction of sp³-hybridized carbons (Fsp3) is 0.231.